The molecule has 3 nitrogen and oxygen atoms in total. The van der Waals surface area contributed by atoms with E-state index in [4.69, 9.17) is 5.11 Å². The quantitative estimate of drug-likeness (QED) is 0.855. The summed E-state index contributed by atoms with van der Waals surface area (Å²) in [5.74, 6) is -3.38. The normalized spacial score (nSPS) is 23.2. The lowest BCUT2D eigenvalue weighted by molar-refractivity contribution is -0.141. The molecule has 0 radical (unpaired) electrons. The summed E-state index contributed by atoms with van der Waals surface area (Å²) >= 11 is 0. The number of hydrogen-bond acceptors (Lipinski definition) is 2. The molecule has 2 rings (SSSR count). The SMILES string of the molecule is Cl.O=C(O)C1CNCC1c1ccc(F)cc1F. The van der Waals surface area contributed by atoms with Gasteiger partial charge in [-0.3, -0.25) is 4.79 Å². The molecule has 2 N–H and O–H groups in total. The second kappa shape index (κ2) is 5.42. The molecular formula is C11H12ClF2NO2. The van der Waals surface area contributed by atoms with Crippen LogP contribution in [0.1, 0.15) is 11.5 Å². The Morgan fingerprint density at radius 3 is 2.65 bits per heavy atom. The number of carboxylic acid groups (broad SMARTS) is 1. The molecule has 0 bridgehead atoms. The van der Waals surface area contributed by atoms with E-state index in [9.17, 15) is 13.6 Å². The third-order valence-corrected chi connectivity index (χ3v) is 2.89. The third-order valence-electron chi connectivity index (χ3n) is 2.89. The Labute approximate surface area is 103 Å². The monoisotopic (exact) mass is 263 g/mol. The van der Waals surface area contributed by atoms with E-state index in [-0.39, 0.29) is 18.0 Å². The molecule has 0 amide bonds. The minimum atomic E-state index is -0.960. The molecule has 17 heavy (non-hydrogen) atoms. The summed E-state index contributed by atoms with van der Waals surface area (Å²) in [6.07, 6.45) is 0. The maximum atomic E-state index is 13.5. The molecule has 0 aromatic heterocycles. The van der Waals surface area contributed by atoms with E-state index >= 15 is 0 Å². The predicted octanol–water partition coefficient (Wildman–Crippen LogP) is 1.77. The van der Waals surface area contributed by atoms with Crippen LogP contribution < -0.4 is 5.32 Å². The molecule has 0 spiro atoms. The molecule has 1 aliphatic rings. The average molecular weight is 264 g/mol. The summed E-state index contributed by atoms with van der Waals surface area (Å²) in [6, 6.07) is 3.25. The van der Waals surface area contributed by atoms with E-state index in [0.29, 0.717) is 13.1 Å². The summed E-state index contributed by atoms with van der Waals surface area (Å²) in [6.45, 7) is 0.719. The van der Waals surface area contributed by atoms with Crippen LogP contribution >= 0.6 is 12.4 Å². The highest BCUT2D eigenvalue weighted by Crippen LogP contribution is 2.30. The molecule has 1 fully saturated rings. The zero-order valence-electron chi connectivity index (χ0n) is 8.82. The van der Waals surface area contributed by atoms with E-state index in [2.05, 4.69) is 5.32 Å². The standard InChI is InChI=1S/C11H11F2NO2.ClH/c12-6-1-2-7(10(13)3-6)8-4-14-5-9(8)11(15)16;/h1-3,8-9,14H,4-5H2,(H,15,16);1H. The van der Waals surface area contributed by atoms with Gasteiger partial charge in [0, 0.05) is 25.1 Å². The molecule has 6 heteroatoms. The number of nitrogens with one attached hydrogen (secondary N) is 1. The lowest BCUT2D eigenvalue weighted by Crippen LogP contribution is -2.21. The highest BCUT2D eigenvalue weighted by atomic mass is 35.5. The van der Waals surface area contributed by atoms with Gasteiger partial charge in [0.15, 0.2) is 0 Å². The van der Waals surface area contributed by atoms with Gasteiger partial charge in [-0.15, -0.1) is 12.4 Å². The van der Waals surface area contributed by atoms with Crippen LogP contribution in [0.2, 0.25) is 0 Å². The molecule has 2 unspecified atom stereocenters. The third kappa shape index (κ3) is 2.73. The maximum Gasteiger partial charge on any atom is 0.308 e. The Morgan fingerprint density at radius 1 is 1.35 bits per heavy atom. The largest absolute Gasteiger partial charge is 0.481 e. The summed E-state index contributed by atoms with van der Waals surface area (Å²) in [4.78, 5) is 10.9. The van der Waals surface area contributed by atoms with Gasteiger partial charge in [-0.2, -0.15) is 0 Å². The number of carbonyl (C=O) groups is 1. The Balaban J connectivity index is 0.00000144. The molecule has 1 heterocycles. The summed E-state index contributed by atoms with van der Waals surface area (Å²) in [5.41, 5.74) is 0.263. The molecule has 0 aliphatic carbocycles. The van der Waals surface area contributed by atoms with E-state index in [1.54, 1.807) is 0 Å². The van der Waals surface area contributed by atoms with Crippen molar-refractivity contribution in [3.63, 3.8) is 0 Å². The Hall–Kier alpha value is -1.20. The van der Waals surface area contributed by atoms with Crippen LogP contribution in [0.4, 0.5) is 8.78 Å². The molecule has 94 valence electrons. The maximum absolute atomic E-state index is 13.5. The number of aliphatic carboxylic acids is 1. The van der Waals surface area contributed by atoms with Crippen LogP contribution in [0.5, 0.6) is 0 Å². The lowest BCUT2D eigenvalue weighted by atomic mass is 9.89. The van der Waals surface area contributed by atoms with Crippen molar-refractivity contribution in [1.29, 1.82) is 0 Å². The molecule has 1 aliphatic heterocycles. The van der Waals surface area contributed by atoms with Gasteiger partial charge in [-0.1, -0.05) is 6.07 Å². The molecular weight excluding hydrogens is 252 g/mol. The van der Waals surface area contributed by atoms with Crippen molar-refractivity contribution in [3.05, 3.63) is 35.4 Å². The highest BCUT2D eigenvalue weighted by molar-refractivity contribution is 5.85. The second-order valence-corrected chi connectivity index (χ2v) is 3.88. The zero-order chi connectivity index (χ0) is 11.7. The van der Waals surface area contributed by atoms with Gasteiger partial charge in [0.1, 0.15) is 11.6 Å². The Morgan fingerprint density at radius 2 is 2.06 bits per heavy atom. The van der Waals surface area contributed by atoms with Gasteiger partial charge in [0.05, 0.1) is 5.92 Å². The number of rotatable bonds is 2. The average Bonchev–Trinajstić information content (AvgIpc) is 2.66. The number of halogens is 3. The Bertz CT molecular complexity index is 428. The second-order valence-electron chi connectivity index (χ2n) is 3.88. The fraction of sp³-hybridized carbons (Fsp3) is 0.364. The van der Waals surface area contributed by atoms with Crippen LogP contribution in [0.3, 0.4) is 0 Å². The highest BCUT2D eigenvalue weighted by Gasteiger charge is 2.35. The molecule has 2 atom stereocenters. The molecule has 1 saturated heterocycles. The van der Waals surface area contributed by atoms with Gasteiger partial charge < -0.3 is 10.4 Å². The van der Waals surface area contributed by atoms with Crippen molar-refractivity contribution >= 4 is 18.4 Å². The van der Waals surface area contributed by atoms with E-state index in [1.165, 1.54) is 6.07 Å². The summed E-state index contributed by atoms with van der Waals surface area (Å²) in [5, 5.41) is 11.9. The van der Waals surface area contributed by atoms with Crippen molar-refractivity contribution in [1.82, 2.24) is 5.32 Å². The topological polar surface area (TPSA) is 49.3 Å². The first-order chi connectivity index (χ1) is 7.59. The van der Waals surface area contributed by atoms with Crippen molar-refractivity contribution < 1.29 is 18.7 Å². The smallest absolute Gasteiger partial charge is 0.308 e. The fourth-order valence-electron chi connectivity index (χ4n) is 2.07. The molecule has 0 saturated carbocycles. The fourth-order valence-corrected chi connectivity index (χ4v) is 2.07. The van der Waals surface area contributed by atoms with Gasteiger partial charge in [0.25, 0.3) is 0 Å². The van der Waals surface area contributed by atoms with Gasteiger partial charge in [-0.25, -0.2) is 8.78 Å². The van der Waals surface area contributed by atoms with Crippen LogP contribution in [0.25, 0.3) is 0 Å². The lowest BCUT2D eigenvalue weighted by Gasteiger charge is -2.15. The molecule has 1 aromatic rings. The van der Waals surface area contributed by atoms with Crippen molar-refractivity contribution in [3.8, 4) is 0 Å². The van der Waals surface area contributed by atoms with E-state index in [0.717, 1.165) is 12.1 Å². The first kappa shape index (κ1) is 13.9. The van der Waals surface area contributed by atoms with Crippen LogP contribution in [0.15, 0.2) is 18.2 Å². The van der Waals surface area contributed by atoms with Crippen molar-refractivity contribution in [2.24, 2.45) is 5.92 Å². The van der Waals surface area contributed by atoms with E-state index < -0.39 is 29.4 Å². The number of hydrogen-bond donors (Lipinski definition) is 2. The number of benzene rings is 1. The first-order valence-electron chi connectivity index (χ1n) is 4.98. The van der Waals surface area contributed by atoms with Gasteiger partial charge >= 0.3 is 5.97 Å². The predicted molar refractivity (Wildman–Crippen MR) is 60.3 cm³/mol. The molecule has 1 aromatic carbocycles. The van der Waals surface area contributed by atoms with Crippen LogP contribution in [-0.2, 0) is 4.79 Å². The van der Waals surface area contributed by atoms with Gasteiger partial charge in [-0.05, 0) is 11.6 Å². The summed E-state index contributed by atoms with van der Waals surface area (Å²) < 4.78 is 26.2. The minimum absolute atomic E-state index is 0. The van der Waals surface area contributed by atoms with Crippen LogP contribution in [0, 0.1) is 17.6 Å². The Kier molecular flexibility index (Phi) is 4.42. The first-order valence-corrected chi connectivity index (χ1v) is 4.98. The van der Waals surface area contributed by atoms with Crippen molar-refractivity contribution in [2.45, 2.75) is 5.92 Å². The zero-order valence-corrected chi connectivity index (χ0v) is 9.64. The van der Waals surface area contributed by atoms with Crippen LogP contribution in [-0.4, -0.2) is 24.2 Å². The van der Waals surface area contributed by atoms with Gasteiger partial charge in [0.2, 0.25) is 0 Å². The number of carboxylic acids is 1. The minimum Gasteiger partial charge on any atom is -0.481 e. The van der Waals surface area contributed by atoms with Crippen molar-refractivity contribution in [2.75, 3.05) is 13.1 Å². The van der Waals surface area contributed by atoms with E-state index in [1.807, 2.05) is 0 Å². The summed E-state index contributed by atoms with van der Waals surface area (Å²) in [7, 11) is 0.